The molecule has 1 saturated heterocycles. The largest absolute Gasteiger partial charge is 0.507 e. The Morgan fingerprint density at radius 1 is 1.00 bits per heavy atom. The average Bonchev–Trinajstić information content (AvgIpc) is 3.10. The van der Waals surface area contributed by atoms with Crippen LogP contribution in [0.15, 0.2) is 48.0 Å². The third-order valence-electron chi connectivity index (χ3n) is 5.93. The second kappa shape index (κ2) is 12.6. The molecule has 1 atom stereocenters. The highest BCUT2D eigenvalue weighted by Crippen LogP contribution is 2.42. The number of carbonyl (C=O) groups is 2. The molecular weight excluding hydrogens is 472 g/mol. The Hall–Kier alpha value is -3.52. The molecule has 0 spiro atoms. The van der Waals surface area contributed by atoms with Crippen molar-refractivity contribution in [3.05, 3.63) is 59.2 Å². The van der Waals surface area contributed by atoms with Crippen LogP contribution in [0, 0.1) is 0 Å². The average molecular weight is 511 g/mol. The number of hydrogen-bond donors (Lipinski definition) is 1. The van der Waals surface area contributed by atoms with Gasteiger partial charge in [-0.25, -0.2) is 0 Å². The molecule has 1 heterocycles. The number of amides is 1. The minimum atomic E-state index is -0.761. The normalized spacial score (nSPS) is 17.1. The van der Waals surface area contributed by atoms with E-state index in [1.54, 1.807) is 41.3 Å². The fourth-order valence-corrected chi connectivity index (χ4v) is 4.37. The molecule has 8 nitrogen and oxygen atoms in total. The topological polar surface area (TPSA) is 88.5 Å². The number of aliphatic hydroxyl groups excluding tert-OH is 1. The fraction of sp³-hybridized carbons (Fsp3) is 0.448. The molecule has 0 saturated carbocycles. The van der Waals surface area contributed by atoms with E-state index in [9.17, 15) is 14.7 Å². The molecule has 1 aliphatic rings. The Labute approximate surface area is 219 Å². The van der Waals surface area contributed by atoms with Gasteiger partial charge >= 0.3 is 0 Å². The third kappa shape index (κ3) is 6.63. The van der Waals surface area contributed by atoms with E-state index >= 15 is 0 Å². The van der Waals surface area contributed by atoms with Crippen molar-refractivity contribution in [3.8, 4) is 17.2 Å². The monoisotopic (exact) mass is 510 g/mol. The molecule has 200 valence electrons. The Kier molecular flexibility index (Phi) is 9.58. The van der Waals surface area contributed by atoms with E-state index in [1.165, 1.54) is 0 Å². The molecule has 1 aliphatic heterocycles. The SMILES string of the molecule is CCOc1ccc([C@H]2/C(=C(\O)c3ccc(OC(C)C)cc3)C(=O)C(=O)N2CCCN(C)C)cc1OCC. The summed E-state index contributed by atoms with van der Waals surface area (Å²) < 4.78 is 17.2. The molecule has 1 fully saturated rings. The van der Waals surface area contributed by atoms with Gasteiger partial charge in [-0.15, -0.1) is 0 Å². The number of nitrogens with zero attached hydrogens (tertiary/aromatic N) is 2. The second-order valence-corrected chi connectivity index (χ2v) is 9.41. The van der Waals surface area contributed by atoms with Crippen LogP contribution in [0.2, 0.25) is 0 Å². The van der Waals surface area contributed by atoms with Crippen LogP contribution in [0.5, 0.6) is 17.2 Å². The van der Waals surface area contributed by atoms with Crippen molar-refractivity contribution < 1.29 is 28.9 Å². The van der Waals surface area contributed by atoms with Crippen LogP contribution in [-0.2, 0) is 9.59 Å². The smallest absolute Gasteiger partial charge is 0.295 e. The predicted molar refractivity (Wildman–Crippen MR) is 143 cm³/mol. The number of rotatable bonds is 12. The molecule has 8 heteroatoms. The Morgan fingerprint density at radius 3 is 2.24 bits per heavy atom. The minimum Gasteiger partial charge on any atom is -0.507 e. The maximum absolute atomic E-state index is 13.3. The first-order valence-corrected chi connectivity index (χ1v) is 12.8. The number of hydrogen-bond acceptors (Lipinski definition) is 7. The molecule has 0 aliphatic carbocycles. The van der Waals surface area contributed by atoms with E-state index < -0.39 is 17.7 Å². The van der Waals surface area contributed by atoms with Gasteiger partial charge in [-0.05, 0) is 96.7 Å². The third-order valence-corrected chi connectivity index (χ3v) is 5.93. The standard InChI is InChI=1S/C29H38N2O6/c1-7-35-23-15-12-21(18-24(23)36-8-2)26-25(28(33)29(34)31(26)17-9-16-30(5)6)27(32)20-10-13-22(14-11-20)37-19(3)4/h10-15,18-19,26,32H,7-9,16-17H2,1-6H3/b27-25+/t26-/m0/s1. The summed E-state index contributed by atoms with van der Waals surface area (Å²) in [5.74, 6) is 0.203. The molecule has 3 rings (SSSR count). The first-order chi connectivity index (χ1) is 17.7. The lowest BCUT2D eigenvalue weighted by atomic mass is 9.95. The molecule has 0 radical (unpaired) electrons. The summed E-state index contributed by atoms with van der Waals surface area (Å²) in [6, 6.07) is 11.5. The van der Waals surface area contributed by atoms with E-state index in [0.717, 1.165) is 6.54 Å². The predicted octanol–water partition coefficient (Wildman–Crippen LogP) is 4.64. The molecule has 1 amide bonds. The van der Waals surface area contributed by atoms with Crippen LogP contribution in [0.4, 0.5) is 0 Å². The van der Waals surface area contributed by atoms with Crippen LogP contribution in [0.3, 0.4) is 0 Å². The number of benzene rings is 2. The summed E-state index contributed by atoms with van der Waals surface area (Å²) in [7, 11) is 3.91. The summed E-state index contributed by atoms with van der Waals surface area (Å²) in [4.78, 5) is 30.1. The maximum atomic E-state index is 13.3. The van der Waals surface area contributed by atoms with Gasteiger partial charge in [0.2, 0.25) is 0 Å². The van der Waals surface area contributed by atoms with Crippen LogP contribution in [0.25, 0.3) is 5.76 Å². The Balaban J connectivity index is 2.10. The van der Waals surface area contributed by atoms with Gasteiger partial charge in [-0.1, -0.05) is 6.07 Å². The summed E-state index contributed by atoms with van der Waals surface area (Å²) >= 11 is 0. The zero-order valence-corrected chi connectivity index (χ0v) is 22.6. The zero-order valence-electron chi connectivity index (χ0n) is 22.6. The van der Waals surface area contributed by atoms with Gasteiger partial charge < -0.3 is 29.1 Å². The van der Waals surface area contributed by atoms with Crippen LogP contribution in [0.1, 0.15) is 51.3 Å². The first kappa shape index (κ1) is 28.1. The molecule has 2 aromatic rings. The summed E-state index contributed by atoms with van der Waals surface area (Å²) in [5, 5.41) is 11.3. The molecule has 37 heavy (non-hydrogen) atoms. The molecule has 1 N–H and O–H groups in total. The molecule has 2 aromatic carbocycles. The van der Waals surface area contributed by atoms with Gasteiger partial charge in [0.1, 0.15) is 11.5 Å². The fourth-order valence-electron chi connectivity index (χ4n) is 4.37. The number of likely N-dealkylation sites (tertiary alicyclic amines) is 1. The van der Waals surface area contributed by atoms with Crippen molar-refractivity contribution in [2.24, 2.45) is 0 Å². The lowest BCUT2D eigenvalue weighted by Gasteiger charge is -2.26. The van der Waals surface area contributed by atoms with Gasteiger partial charge in [-0.2, -0.15) is 0 Å². The maximum Gasteiger partial charge on any atom is 0.295 e. The van der Waals surface area contributed by atoms with E-state index in [2.05, 4.69) is 0 Å². The number of carbonyl (C=O) groups excluding carboxylic acids is 2. The Morgan fingerprint density at radius 2 is 1.65 bits per heavy atom. The van der Waals surface area contributed by atoms with Crippen molar-refractivity contribution in [3.63, 3.8) is 0 Å². The van der Waals surface area contributed by atoms with Crippen molar-refractivity contribution >= 4 is 17.4 Å². The van der Waals surface area contributed by atoms with Crippen LogP contribution in [-0.4, -0.2) is 73.1 Å². The van der Waals surface area contributed by atoms with Gasteiger partial charge in [0, 0.05) is 12.1 Å². The second-order valence-electron chi connectivity index (χ2n) is 9.41. The number of ketones is 1. The minimum absolute atomic E-state index is 0.00568. The van der Waals surface area contributed by atoms with Gasteiger partial charge in [-0.3, -0.25) is 9.59 Å². The number of Topliss-reactive ketones (excluding diaryl/α,β-unsaturated/α-hetero) is 1. The van der Waals surface area contributed by atoms with E-state index in [-0.39, 0.29) is 17.4 Å². The van der Waals surface area contributed by atoms with E-state index in [0.29, 0.717) is 54.6 Å². The van der Waals surface area contributed by atoms with Gasteiger partial charge in [0.15, 0.2) is 11.5 Å². The molecule has 0 aromatic heterocycles. The number of aliphatic hydroxyl groups is 1. The highest BCUT2D eigenvalue weighted by Gasteiger charge is 2.46. The quantitative estimate of drug-likeness (QED) is 0.253. The number of ether oxygens (including phenoxy) is 3. The highest BCUT2D eigenvalue weighted by molar-refractivity contribution is 6.46. The van der Waals surface area contributed by atoms with Crippen LogP contribution >= 0.6 is 0 Å². The van der Waals surface area contributed by atoms with Crippen molar-refractivity contribution in [1.29, 1.82) is 0 Å². The van der Waals surface area contributed by atoms with E-state index in [1.807, 2.05) is 52.8 Å². The van der Waals surface area contributed by atoms with Crippen LogP contribution < -0.4 is 14.2 Å². The lowest BCUT2D eigenvalue weighted by molar-refractivity contribution is -0.139. The van der Waals surface area contributed by atoms with E-state index in [4.69, 9.17) is 14.2 Å². The Bertz CT molecular complexity index is 1120. The first-order valence-electron chi connectivity index (χ1n) is 12.8. The lowest BCUT2D eigenvalue weighted by Crippen LogP contribution is -2.32. The van der Waals surface area contributed by atoms with Crippen molar-refractivity contribution in [2.75, 3.05) is 40.4 Å². The summed E-state index contributed by atoms with van der Waals surface area (Å²) in [6.45, 7) is 9.64. The van der Waals surface area contributed by atoms with Gasteiger partial charge in [0.25, 0.3) is 11.7 Å². The molecular formula is C29H38N2O6. The zero-order chi connectivity index (χ0) is 27.1. The van der Waals surface area contributed by atoms with Crippen molar-refractivity contribution in [2.45, 2.75) is 46.3 Å². The summed E-state index contributed by atoms with van der Waals surface area (Å²) in [5.41, 5.74) is 1.15. The molecule has 0 bridgehead atoms. The van der Waals surface area contributed by atoms with Crippen molar-refractivity contribution in [1.82, 2.24) is 9.80 Å². The van der Waals surface area contributed by atoms with Gasteiger partial charge in [0.05, 0.1) is 30.9 Å². The highest BCUT2D eigenvalue weighted by atomic mass is 16.5. The molecule has 0 unspecified atom stereocenters. The summed E-state index contributed by atoms with van der Waals surface area (Å²) in [6.07, 6.45) is 0.679.